The Labute approximate surface area is 131 Å². The third kappa shape index (κ3) is 5.22. The lowest BCUT2D eigenvalue weighted by atomic mass is 9.85. The quantitative estimate of drug-likeness (QED) is 0.810. The minimum Gasteiger partial charge on any atom is -0.497 e. The number of carbonyl (C=O) groups excluding carboxylic acids is 1. The Bertz CT molecular complexity index is 471. The molecule has 1 unspecified atom stereocenters. The zero-order chi connectivity index (χ0) is 15.8. The van der Waals surface area contributed by atoms with Crippen LogP contribution in [0, 0.1) is 5.92 Å². The smallest absolute Gasteiger partial charge is 0.258 e. The van der Waals surface area contributed by atoms with Crippen LogP contribution in [-0.2, 0) is 4.79 Å². The van der Waals surface area contributed by atoms with Gasteiger partial charge in [-0.05, 0) is 30.9 Å². The van der Waals surface area contributed by atoms with E-state index in [1.807, 2.05) is 6.07 Å². The number of methoxy groups -OCH3 is 1. The van der Waals surface area contributed by atoms with Crippen molar-refractivity contribution >= 4 is 5.91 Å². The van der Waals surface area contributed by atoms with E-state index < -0.39 is 6.10 Å². The highest BCUT2D eigenvalue weighted by atomic mass is 16.5. The number of carbonyl (C=O) groups is 1. The molecule has 1 atom stereocenters. The van der Waals surface area contributed by atoms with Gasteiger partial charge in [-0.15, -0.1) is 0 Å². The van der Waals surface area contributed by atoms with Gasteiger partial charge in [-0.1, -0.05) is 25.3 Å². The van der Waals surface area contributed by atoms with E-state index in [0.717, 1.165) is 12.8 Å². The summed E-state index contributed by atoms with van der Waals surface area (Å²) in [6, 6.07) is 7.11. The fourth-order valence-corrected chi connectivity index (χ4v) is 2.79. The number of aliphatic hydroxyl groups excluding tert-OH is 1. The maximum Gasteiger partial charge on any atom is 0.258 e. The first-order chi connectivity index (χ1) is 10.7. The van der Waals surface area contributed by atoms with Gasteiger partial charge in [-0.25, -0.2) is 0 Å². The molecule has 1 aliphatic rings. The Morgan fingerprint density at radius 1 is 1.32 bits per heavy atom. The van der Waals surface area contributed by atoms with Crippen LogP contribution in [-0.4, -0.2) is 37.4 Å². The molecular formula is C17H25NO4. The number of hydrogen-bond acceptors (Lipinski definition) is 4. The van der Waals surface area contributed by atoms with Crippen molar-refractivity contribution in [1.29, 1.82) is 0 Å². The molecule has 2 N–H and O–H groups in total. The molecule has 0 radical (unpaired) electrons. The van der Waals surface area contributed by atoms with E-state index in [1.165, 1.54) is 19.3 Å². The van der Waals surface area contributed by atoms with Gasteiger partial charge in [-0.3, -0.25) is 4.79 Å². The molecule has 0 bridgehead atoms. The summed E-state index contributed by atoms with van der Waals surface area (Å²) in [6.07, 6.45) is 5.25. The Morgan fingerprint density at radius 2 is 2.05 bits per heavy atom. The predicted octanol–water partition coefficient (Wildman–Crippen LogP) is 2.13. The van der Waals surface area contributed by atoms with Crippen molar-refractivity contribution in [2.24, 2.45) is 5.92 Å². The maximum atomic E-state index is 11.8. The first-order valence-electron chi connectivity index (χ1n) is 7.90. The SMILES string of the molecule is COc1cccc(OCC(=O)NCC(O)C2CCCCC2)c1. The second-order valence-corrected chi connectivity index (χ2v) is 5.74. The van der Waals surface area contributed by atoms with E-state index in [0.29, 0.717) is 24.0 Å². The summed E-state index contributed by atoms with van der Waals surface area (Å²) in [7, 11) is 1.58. The van der Waals surface area contributed by atoms with Crippen LogP contribution in [0.3, 0.4) is 0 Å². The van der Waals surface area contributed by atoms with Gasteiger partial charge in [0.05, 0.1) is 13.2 Å². The van der Waals surface area contributed by atoms with Crippen LogP contribution in [0.2, 0.25) is 0 Å². The number of ether oxygens (including phenoxy) is 2. The van der Waals surface area contributed by atoms with Crippen LogP contribution >= 0.6 is 0 Å². The van der Waals surface area contributed by atoms with Crippen LogP contribution in [0.4, 0.5) is 0 Å². The van der Waals surface area contributed by atoms with Crippen LogP contribution in [0.1, 0.15) is 32.1 Å². The Morgan fingerprint density at radius 3 is 2.77 bits per heavy atom. The third-order valence-electron chi connectivity index (χ3n) is 4.11. The summed E-state index contributed by atoms with van der Waals surface area (Å²) in [5.41, 5.74) is 0. The van der Waals surface area contributed by atoms with Crippen molar-refractivity contribution in [3.8, 4) is 11.5 Å². The lowest BCUT2D eigenvalue weighted by molar-refractivity contribution is -0.123. The highest BCUT2D eigenvalue weighted by Gasteiger charge is 2.21. The monoisotopic (exact) mass is 307 g/mol. The number of nitrogens with one attached hydrogen (secondary N) is 1. The first-order valence-corrected chi connectivity index (χ1v) is 7.90. The molecule has 1 amide bonds. The lowest BCUT2D eigenvalue weighted by Gasteiger charge is -2.26. The van der Waals surface area contributed by atoms with Crippen molar-refractivity contribution in [2.75, 3.05) is 20.3 Å². The molecule has 0 heterocycles. The van der Waals surface area contributed by atoms with Gasteiger partial charge in [0.25, 0.3) is 5.91 Å². The normalized spacial score (nSPS) is 16.8. The van der Waals surface area contributed by atoms with Crippen molar-refractivity contribution < 1.29 is 19.4 Å². The largest absolute Gasteiger partial charge is 0.497 e. The highest BCUT2D eigenvalue weighted by molar-refractivity contribution is 5.77. The van der Waals surface area contributed by atoms with Gasteiger partial charge >= 0.3 is 0 Å². The molecule has 122 valence electrons. The Hall–Kier alpha value is -1.75. The third-order valence-corrected chi connectivity index (χ3v) is 4.11. The van der Waals surface area contributed by atoms with Gasteiger partial charge in [0.1, 0.15) is 11.5 Å². The van der Waals surface area contributed by atoms with Crippen LogP contribution in [0.15, 0.2) is 24.3 Å². The fraction of sp³-hybridized carbons (Fsp3) is 0.588. The standard InChI is InChI=1S/C17H25NO4/c1-21-14-8-5-9-15(10-14)22-12-17(20)18-11-16(19)13-6-3-2-4-7-13/h5,8-10,13,16,19H,2-4,6-7,11-12H2,1H3,(H,18,20). The second kappa shape index (κ2) is 8.63. The molecule has 1 saturated carbocycles. The molecule has 0 saturated heterocycles. The van der Waals surface area contributed by atoms with Crippen molar-refractivity contribution in [2.45, 2.75) is 38.2 Å². The van der Waals surface area contributed by atoms with Gasteiger partial charge in [0.2, 0.25) is 0 Å². The first kappa shape index (κ1) is 16.6. The van der Waals surface area contributed by atoms with Crippen molar-refractivity contribution in [1.82, 2.24) is 5.32 Å². The minimum atomic E-state index is -0.457. The Balaban J connectivity index is 1.68. The van der Waals surface area contributed by atoms with Crippen LogP contribution < -0.4 is 14.8 Å². The topological polar surface area (TPSA) is 67.8 Å². The average molecular weight is 307 g/mol. The predicted molar refractivity (Wildman–Crippen MR) is 84.1 cm³/mol. The molecule has 0 aromatic heterocycles. The number of aliphatic hydroxyl groups is 1. The number of amides is 1. The lowest BCUT2D eigenvalue weighted by Crippen LogP contribution is -2.39. The molecule has 1 aromatic carbocycles. The van der Waals surface area contributed by atoms with Crippen molar-refractivity contribution in [3.05, 3.63) is 24.3 Å². The number of rotatable bonds is 7. The molecule has 5 nitrogen and oxygen atoms in total. The average Bonchev–Trinajstić information content (AvgIpc) is 2.58. The molecule has 1 aromatic rings. The summed E-state index contributed by atoms with van der Waals surface area (Å²) in [5, 5.41) is 12.8. The van der Waals surface area contributed by atoms with E-state index in [9.17, 15) is 9.90 Å². The van der Waals surface area contributed by atoms with Gasteiger partial charge in [0.15, 0.2) is 6.61 Å². The van der Waals surface area contributed by atoms with Crippen LogP contribution in [0.5, 0.6) is 11.5 Å². The second-order valence-electron chi connectivity index (χ2n) is 5.74. The molecule has 0 spiro atoms. The molecule has 0 aliphatic heterocycles. The maximum absolute atomic E-state index is 11.8. The molecular weight excluding hydrogens is 282 g/mol. The fourth-order valence-electron chi connectivity index (χ4n) is 2.79. The summed E-state index contributed by atoms with van der Waals surface area (Å²) in [5.74, 6) is 1.36. The summed E-state index contributed by atoms with van der Waals surface area (Å²) in [4.78, 5) is 11.8. The molecule has 1 aliphatic carbocycles. The zero-order valence-corrected chi connectivity index (χ0v) is 13.1. The Kier molecular flexibility index (Phi) is 6.52. The van der Waals surface area contributed by atoms with Crippen LogP contribution in [0.25, 0.3) is 0 Å². The minimum absolute atomic E-state index is 0.0649. The van der Waals surface area contributed by atoms with E-state index in [2.05, 4.69) is 5.32 Å². The molecule has 2 rings (SSSR count). The van der Waals surface area contributed by atoms with Gasteiger partial charge < -0.3 is 19.9 Å². The van der Waals surface area contributed by atoms with E-state index in [-0.39, 0.29) is 12.5 Å². The zero-order valence-electron chi connectivity index (χ0n) is 13.1. The van der Waals surface area contributed by atoms with Gasteiger partial charge in [0, 0.05) is 12.6 Å². The summed E-state index contributed by atoms with van der Waals surface area (Å²) < 4.78 is 10.5. The highest BCUT2D eigenvalue weighted by Crippen LogP contribution is 2.26. The van der Waals surface area contributed by atoms with Crippen molar-refractivity contribution in [3.63, 3.8) is 0 Å². The number of hydrogen-bond donors (Lipinski definition) is 2. The molecule has 5 heteroatoms. The summed E-state index contributed by atoms with van der Waals surface area (Å²) >= 11 is 0. The summed E-state index contributed by atoms with van der Waals surface area (Å²) in [6.45, 7) is 0.232. The van der Waals surface area contributed by atoms with E-state index in [4.69, 9.17) is 9.47 Å². The van der Waals surface area contributed by atoms with Gasteiger partial charge in [-0.2, -0.15) is 0 Å². The van der Waals surface area contributed by atoms with E-state index >= 15 is 0 Å². The molecule has 22 heavy (non-hydrogen) atoms. The van der Waals surface area contributed by atoms with E-state index in [1.54, 1.807) is 25.3 Å². The number of benzene rings is 1. The molecule has 1 fully saturated rings.